The van der Waals surface area contributed by atoms with E-state index in [9.17, 15) is 0 Å². The number of rotatable bonds is 0. The first kappa shape index (κ1) is 9.36. The van der Waals surface area contributed by atoms with E-state index in [2.05, 4.69) is 42.9 Å². The van der Waals surface area contributed by atoms with E-state index in [0.29, 0.717) is 0 Å². The molecule has 0 bridgehead atoms. The summed E-state index contributed by atoms with van der Waals surface area (Å²) in [5.74, 6) is 0. The molecule has 2 aromatic heterocycles. The number of aromatic nitrogens is 2. The van der Waals surface area contributed by atoms with Crippen LogP contribution in [0.2, 0.25) is 0 Å². The summed E-state index contributed by atoms with van der Waals surface area (Å²) in [5.41, 5.74) is 3.65. The van der Waals surface area contributed by atoms with Crippen molar-refractivity contribution in [1.82, 2.24) is 14.7 Å². The van der Waals surface area contributed by atoms with Crippen LogP contribution < -0.4 is 5.32 Å². The van der Waals surface area contributed by atoms with Gasteiger partial charge in [0.25, 0.3) is 0 Å². The van der Waals surface area contributed by atoms with Gasteiger partial charge in [-0.2, -0.15) is 0 Å². The van der Waals surface area contributed by atoms with Crippen LogP contribution in [0.5, 0.6) is 0 Å². The van der Waals surface area contributed by atoms with Crippen LogP contribution in [0.1, 0.15) is 11.4 Å². The molecular formula is C11H12BrN3. The molecule has 0 amide bonds. The van der Waals surface area contributed by atoms with Gasteiger partial charge >= 0.3 is 0 Å². The maximum Gasteiger partial charge on any atom is 0.151 e. The summed E-state index contributed by atoms with van der Waals surface area (Å²) >= 11 is 3.54. The molecule has 78 valence electrons. The van der Waals surface area contributed by atoms with Gasteiger partial charge in [0.15, 0.2) is 5.65 Å². The van der Waals surface area contributed by atoms with Gasteiger partial charge in [-0.25, -0.2) is 4.98 Å². The highest BCUT2D eigenvalue weighted by Gasteiger charge is 2.15. The summed E-state index contributed by atoms with van der Waals surface area (Å²) in [6.07, 6.45) is 4.19. The van der Waals surface area contributed by atoms with Gasteiger partial charge in [-0.1, -0.05) is 0 Å². The Morgan fingerprint density at radius 1 is 1.33 bits per heavy atom. The largest absolute Gasteiger partial charge is 0.316 e. The molecule has 4 heteroatoms. The van der Waals surface area contributed by atoms with Gasteiger partial charge in [-0.15, -0.1) is 0 Å². The van der Waals surface area contributed by atoms with Crippen molar-refractivity contribution in [3.05, 3.63) is 34.2 Å². The fourth-order valence-electron chi connectivity index (χ4n) is 2.13. The molecule has 0 saturated heterocycles. The Kier molecular flexibility index (Phi) is 2.25. The smallest absolute Gasteiger partial charge is 0.151 e. The lowest BCUT2D eigenvalue weighted by Crippen LogP contribution is -2.16. The summed E-state index contributed by atoms with van der Waals surface area (Å²) < 4.78 is 3.28. The van der Waals surface area contributed by atoms with Crippen molar-refractivity contribution in [3.63, 3.8) is 0 Å². The van der Waals surface area contributed by atoms with Crippen molar-refractivity contribution in [1.29, 1.82) is 0 Å². The number of pyridine rings is 1. The van der Waals surface area contributed by atoms with Gasteiger partial charge in [0.05, 0.1) is 10.2 Å². The lowest BCUT2D eigenvalue weighted by atomic mass is 10.2. The SMILES string of the molecule is Brc1cccn2c3c(nc12)CCNCC3. The third-order valence-electron chi connectivity index (χ3n) is 2.86. The minimum absolute atomic E-state index is 1.03. The molecule has 0 unspecified atom stereocenters. The second-order valence-corrected chi connectivity index (χ2v) is 4.66. The third-order valence-corrected chi connectivity index (χ3v) is 3.48. The van der Waals surface area contributed by atoms with Crippen molar-refractivity contribution in [2.45, 2.75) is 12.8 Å². The van der Waals surface area contributed by atoms with E-state index < -0.39 is 0 Å². The number of nitrogens with one attached hydrogen (secondary N) is 1. The van der Waals surface area contributed by atoms with E-state index in [4.69, 9.17) is 0 Å². The highest BCUT2D eigenvalue weighted by Crippen LogP contribution is 2.21. The molecule has 0 spiro atoms. The van der Waals surface area contributed by atoms with E-state index >= 15 is 0 Å². The number of imidazole rings is 1. The Balaban J connectivity index is 2.28. The normalized spacial score (nSPS) is 16.3. The summed E-state index contributed by atoms with van der Waals surface area (Å²) in [6.45, 7) is 2.09. The number of nitrogens with zero attached hydrogens (tertiary/aromatic N) is 2. The molecule has 1 N–H and O–H groups in total. The molecule has 3 nitrogen and oxygen atoms in total. The van der Waals surface area contributed by atoms with Crippen molar-refractivity contribution < 1.29 is 0 Å². The number of fused-ring (bicyclic) bond motifs is 3. The first-order chi connectivity index (χ1) is 7.36. The van der Waals surface area contributed by atoms with Crippen LogP contribution in [-0.2, 0) is 12.8 Å². The molecule has 0 saturated carbocycles. The monoisotopic (exact) mass is 265 g/mol. The summed E-state index contributed by atoms with van der Waals surface area (Å²) in [5, 5.41) is 3.39. The van der Waals surface area contributed by atoms with E-state index in [1.807, 2.05) is 6.07 Å². The Bertz CT molecular complexity index is 504. The van der Waals surface area contributed by atoms with Crippen LogP contribution in [0.15, 0.2) is 22.8 Å². The van der Waals surface area contributed by atoms with Gasteiger partial charge in [-0.3, -0.25) is 0 Å². The van der Waals surface area contributed by atoms with Crippen LogP contribution in [0.3, 0.4) is 0 Å². The molecule has 1 aliphatic heterocycles. The molecule has 0 radical (unpaired) electrons. The van der Waals surface area contributed by atoms with Crippen LogP contribution in [-0.4, -0.2) is 22.5 Å². The predicted octanol–water partition coefficient (Wildman–Crippen LogP) is 1.78. The second-order valence-electron chi connectivity index (χ2n) is 3.80. The Labute approximate surface area is 96.6 Å². The molecule has 0 aromatic carbocycles. The van der Waals surface area contributed by atoms with Gasteiger partial charge in [0, 0.05) is 37.8 Å². The Morgan fingerprint density at radius 2 is 2.20 bits per heavy atom. The molecule has 0 aliphatic carbocycles. The number of hydrogen-bond donors (Lipinski definition) is 1. The summed E-state index contributed by atoms with van der Waals surface area (Å²) in [6, 6.07) is 4.09. The highest BCUT2D eigenvalue weighted by molar-refractivity contribution is 9.10. The fourth-order valence-corrected chi connectivity index (χ4v) is 2.57. The molecule has 0 atom stereocenters. The quantitative estimate of drug-likeness (QED) is 0.787. The lowest BCUT2D eigenvalue weighted by molar-refractivity contribution is 0.702. The average molecular weight is 266 g/mol. The average Bonchev–Trinajstić information content (AvgIpc) is 2.45. The maximum atomic E-state index is 4.69. The van der Waals surface area contributed by atoms with E-state index in [1.165, 1.54) is 11.4 Å². The summed E-state index contributed by atoms with van der Waals surface area (Å²) in [4.78, 5) is 4.69. The first-order valence-electron chi connectivity index (χ1n) is 5.21. The minimum atomic E-state index is 1.03. The zero-order valence-corrected chi connectivity index (χ0v) is 9.92. The van der Waals surface area contributed by atoms with Gasteiger partial charge in [0.1, 0.15) is 0 Å². The molecule has 1 aliphatic rings. The van der Waals surface area contributed by atoms with Crippen LogP contribution in [0.4, 0.5) is 0 Å². The highest BCUT2D eigenvalue weighted by atomic mass is 79.9. The van der Waals surface area contributed by atoms with Crippen molar-refractivity contribution in [2.75, 3.05) is 13.1 Å². The van der Waals surface area contributed by atoms with Crippen LogP contribution >= 0.6 is 15.9 Å². The minimum Gasteiger partial charge on any atom is -0.316 e. The van der Waals surface area contributed by atoms with Gasteiger partial charge in [-0.05, 0) is 28.1 Å². The number of hydrogen-bond acceptors (Lipinski definition) is 2. The van der Waals surface area contributed by atoms with Crippen molar-refractivity contribution >= 4 is 21.6 Å². The molecule has 2 aromatic rings. The van der Waals surface area contributed by atoms with E-state index in [-0.39, 0.29) is 0 Å². The summed E-state index contributed by atoms with van der Waals surface area (Å²) in [7, 11) is 0. The molecule has 3 rings (SSSR count). The van der Waals surface area contributed by atoms with Crippen molar-refractivity contribution in [3.8, 4) is 0 Å². The first-order valence-corrected chi connectivity index (χ1v) is 6.00. The number of halogens is 1. The maximum absolute atomic E-state index is 4.69. The fraction of sp³-hybridized carbons (Fsp3) is 0.364. The zero-order chi connectivity index (χ0) is 10.3. The topological polar surface area (TPSA) is 29.3 Å². The molecule has 3 heterocycles. The zero-order valence-electron chi connectivity index (χ0n) is 8.33. The van der Waals surface area contributed by atoms with Crippen molar-refractivity contribution in [2.24, 2.45) is 0 Å². The van der Waals surface area contributed by atoms with E-state index in [0.717, 1.165) is 36.1 Å². The second kappa shape index (κ2) is 3.61. The molecule has 15 heavy (non-hydrogen) atoms. The van der Waals surface area contributed by atoms with Crippen LogP contribution in [0, 0.1) is 0 Å². The molecular weight excluding hydrogens is 254 g/mol. The van der Waals surface area contributed by atoms with E-state index in [1.54, 1.807) is 0 Å². The van der Waals surface area contributed by atoms with Gasteiger partial charge in [0.2, 0.25) is 0 Å². The molecule has 0 fully saturated rings. The van der Waals surface area contributed by atoms with Crippen LogP contribution in [0.25, 0.3) is 5.65 Å². The predicted molar refractivity (Wildman–Crippen MR) is 63.2 cm³/mol. The van der Waals surface area contributed by atoms with Gasteiger partial charge < -0.3 is 9.72 Å². The Hall–Kier alpha value is -0.870. The Morgan fingerprint density at radius 3 is 3.13 bits per heavy atom. The standard InChI is InChI=1S/C11H12BrN3/c12-8-2-1-7-15-10-4-6-13-5-3-9(10)14-11(8)15/h1-2,7,13H,3-6H2. The third kappa shape index (κ3) is 1.48. The lowest BCUT2D eigenvalue weighted by Gasteiger charge is -2.01.